The largest absolute Gasteiger partial charge is 0.457 e. The summed E-state index contributed by atoms with van der Waals surface area (Å²) in [5, 5.41) is 8.00. The second-order valence-corrected chi connectivity index (χ2v) is 10.7. The fourth-order valence-electron chi connectivity index (χ4n) is 5.77. The van der Waals surface area contributed by atoms with Gasteiger partial charge in [-0.25, -0.2) is 14.6 Å². The fraction of sp³-hybridized carbons (Fsp3) is 0.143. The molecule has 4 aromatic carbocycles. The van der Waals surface area contributed by atoms with Crippen LogP contribution >= 0.6 is 0 Å². The van der Waals surface area contributed by atoms with E-state index < -0.39 is 0 Å². The van der Waals surface area contributed by atoms with Crippen LogP contribution in [0, 0.1) is 0 Å². The molecule has 1 aliphatic rings. The standard InChI is InChI=1S/C35H30N6O2/c36-34-32-33(26-15-18-29(19-16-26)43-28-12-2-1-3-13-28)39-41(35(32)38-23-37-34)27-11-7-21-40(22-27)31(42)20-17-25-10-6-9-24-8-4-5-14-30(24)25/h1-6,8-10,12-20,23,27H,7,11,21-22H2,(H2,36,37,38). The van der Waals surface area contributed by atoms with E-state index in [4.69, 9.17) is 15.6 Å². The third kappa shape index (κ3) is 5.30. The first kappa shape index (κ1) is 26.4. The van der Waals surface area contributed by atoms with Crippen LogP contribution in [0.3, 0.4) is 0 Å². The van der Waals surface area contributed by atoms with E-state index in [1.54, 1.807) is 6.08 Å². The van der Waals surface area contributed by atoms with Crippen molar-refractivity contribution in [3.63, 3.8) is 0 Å². The number of carbonyl (C=O) groups is 1. The van der Waals surface area contributed by atoms with Crippen LogP contribution in [-0.4, -0.2) is 43.6 Å². The van der Waals surface area contributed by atoms with Crippen LogP contribution in [0.2, 0.25) is 0 Å². The molecule has 1 atom stereocenters. The number of piperidine rings is 1. The zero-order chi connectivity index (χ0) is 29.2. The molecule has 1 fully saturated rings. The molecule has 1 saturated heterocycles. The molecule has 2 N–H and O–H groups in total. The predicted molar refractivity (Wildman–Crippen MR) is 170 cm³/mol. The summed E-state index contributed by atoms with van der Waals surface area (Å²) in [7, 11) is 0. The van der Waals surface area contributed by atoms with Crippen molar-refractivity contribution >= 4 is 39.6 Å². The molecule has 0 spiro atoms. The summed E-state index contributed by atoms with van der Waals surface area (Å²) in [5.74, 6) is 1.85. The second kappa shape index (κ2) is 11.4. The Kier molecular flexibility index (Phi) is 7.00. The minimum Gasteiger partial charge on any atom is -0.457 e. The third-order valence-corrected chi connectivity index (χ3v) is 7.91. The lowest BCUT2D eigenvalue weighted by molar-refractivity contribution is -0.127. The maximum Gasteiger partial charge on any atom is 0.246 e. The minimum atomic E-state index is -0.0464. The molecule has 3 heterocycles. The lowest BCUT2D eigenvalue weighted by atomic mass is 10.0. The number of carbonyl (C=O) groups excluding carboxylic acids is 1. The minimum absolute atomic E-state index is 0.0162. The van der Waals surface area contributed by atoms with Gasteiger partial charge in [-0.3, -0.25) is 4.79 Å². The van der Waals surface area contributed by atoms with Crippen molar-refractivity contribution in [2.45, 2.75) is 18.9 Å². The number of hydrogen-bond donors (Lipinski definition) is 1. The summed E-state index contributed by atoms with van der Waals surface area (Å²) in [6.07, 6.45) is 6.79. The zero-order valence-electron chi connectivity index (χ0n) is 23.5. The number of likely N-dealkylation sites (tertiary alicyclic amines) is 1. The lowest BCUT2D eigenvalue weighted by Crippen LogP contribution is -2.40. The van der Waals surface area contributed by atoms with E-state index in [0.29, 0.717) is 35.6 Å². The highest BCUT2D eigenvalue weighted by molar-refractivity contribution is 5.99. The van der Waals surface area contributed by atoms with E-state index in [9.17, 15) is 4.79 Å². The number of fused-ring (bicyclic) bond motifs is 2. The van der Waals surface area contributed by atoms with Gasteiger partial charge in [-0.05, 0) is 71.7 Å². The number of nitrogens with zero attached hydrogens (tertiary/aromatic N) is 5. The van der Waals surface area contributed by atoms with E-state index >= 15 is 0 Å². The molecule has 212 valence electrons. The topological polar surface area (TPSA) is 99.2 Å². The Morgan fingerprint density at radius 2 is 1.65 bits per heavy atom. The number of para-hydroxylation sites is 1. The molecule has 43 heavy (non-hydrogen) atoms. The molecular formula is C35H30N6O2. The van der Waals surface area contributed by atoms with Gasteiger partial charge in [0, 0.05) is 24.7 Å². The SMILES string of the molecule is Nc1ncnc2c1c(-c1ccc(Oc3ccccc3)cc1)nn2C1CCCN(C(=O)C=Cc2cccc3ccccc23)C1. The van der Waals surface area contributed by atoms with Crippen LogP contribution < -0.4 is 10.5 Å². The predicted octanol–water partition coefficient (Wildman–Crippen LogP) is 6.90. The number of hydrogen-bond acceptors (Lipinski definition) is 6. The van der Waals surface area contributed by atoms with Crippen molar-refractivity contribution in [1.29, 1.82) is 0 Å². The van der Waals surface area contributed by atoms with Crippen molar-refractivity contribution in [2.24, 2.45) is 0 Å². The number of amides is 1. The Morgan fingerprint density at radius 1 is 0.884 bits per heavy atom. The normalized spacial score (nSPS) is 15.3. The number of aromatic nitrogens is 4. The molecule has 0 aliphatic carbocycles. The Balaban J connectivity index is 1.14. The van der Waals surface area contributed by atoms with Crippen LogP contribution in [0.1, 0.15) is 24.4 Å². The fourth-order valence-corrected chi connectivity index (χ4v) is 5.77. The lowest BCUT2D eigenvalue weighted by Gasteiger charge is -2.32. The highest BCUT2D eigenvalue weighted by Crippen LogP contribution is 2.35. The van der Waals surface area contributed by atoms with Gasteiger partial charge in [0.2, 0.25) is 5.91 Å². The number of anilines is 1. The Morgan fingerprint density at radius 3 is 2.51 bits per heavy atom. The van der Waals surface area contributed by atoms with Gasteiger partial charge in [-0.2, -0.15) is 5.10 Å². The van der Waals surface area contributed by atoms with Crippen molar-refractivity contribution in [3.8, 4) is 22.8 Å². The molecule has 1 aliphatic heterocycles. The Bertz CT molecular complexity index is 1940. The molecule has 0 saturated carbocycles. The van der Waals surface area contributed by atoms with Crippen molar-refractivity contribution in [3.05, 3.63) is 115 Å². The molecule has 0 radical (unpaired) electrons. The summed E-state index contributed by atoms with van der Waals surface area (Å²) in [6.45, 7) is 1.23. The van der Waals surface area contributed by atoms with Crippen LogP contribution in [0.15, 0.2) is 109 Å². The van der Waals surface area contributed by atoms with Gasteiger partial charge in [0.05, 0.1) is 11.4 Å². The van der Waals surface area contributed by atoms with Gasteiger partial charge >= 0.3 is 0 Å². The van der Waals surface area contributed by atoms with E-state index in [2.05, 4.69) is 28.2 Å². The van der Waals surface area contributed by atoms with E-state index in [0.717, 1.165) is 46.2 Å². The third-order valence-electron chi connectivity index (χ3n) is 7.91. The van der Waals surface area contributed by atoms with Gasteiger partial charge in [-0.1, -0.05) is 60.7 Å². The monoisotopic (exact) mass is 566 g/mol. The van der Waals surface area contributed by atoms with Crippen molar-refractivity contribution in [2.75, 3.05) is 18.8 Å². The van der Waals surface area contributed by atoms with E-state index in [1.165, 1.54) is 6.33 Å². The summed E-state index contributed by atoms with van der Waals surface area (Å²) >= 11 is 0. The van der Waals surface area contributed by atoms with Crippen molar-refractivity contribution < 1.29 is 9.53 Å². The van der Waals surface area contributed by atoms with Gasteiger partial charge in [0.1, 0.15) is 29.3 Å². The maximum atomic E-state index is 13.3. The Hall–Kier alpha value is -5.50. The summed E-state index contributed by atoms with van der Waals surface area (Å²) in [6, 6.07) is 31.7. The van der Waals surface area contributed by atoms with Crippen LogP contribution in [0.4, 0.5) is 5.82 Å². The highest BCUT2D eigenvalue weighted by atomic mass is 16.5. The molecule has 8 heteroatoms. The van der Waals surface area contributed by atoms with Crippen molar-refractivity contribution in [1.82, 2.24) is 24.6 Å². The summed E-state index contributed by atoms with van der Waals surface area (Å²) < 4.78 is 7.89. The first-order chi connectivity index (χ1) is 21.1. The van der Waals surface area contributed by atoms with E-state index in [-0.39, 0.29) is 11.9 Å². The quantitative estimate of drug-likeness (QED) is 0.220. The summed E-state index contributed by atoms with van der Waals surface area (Å²) in [4.78, 5) is 24.1. The van der Waals surface area contributed by atoms with Gasteiger partial charge in [0.25, 0.3) is 0 Å². The Labute approximate surface area is 249 Å². The number of ether oxygens (including phenoxy) is 1. The molecule has 6 aromatic rings. The molecular weight excluding hydrogens is 536 g/mol. The molecule has 2 aromatic heterocycles. The van der Waals surface area contributed by atoms with Gasteiger partial charge in [0.15, 0.2) is 5.65 Å². The average Bonchev–Trinajstić information content (AvgIpc) is 3.45. The first-order valence-electron chi connectivity index (χ1n) is 14.4. The number of rotatable bonds is 6. The van der Waals surface area contributed by atoms with Gasteiger partial charge in [-0.15, -0.1) is 0 Å². The molecule has 0 bridgehead atoms. The number of nitrogen functional groups attached to an aromatic ring is 1. The van der Waals surface area contributed by atoms with Crippen LogP contribution in [-0.2, 0) is 4.79 Å². The zero-order valence-corrected chi connectivity index (χ0v) is 23.5. The number of benzene rings is 4. The molecule has 7 rings (SSSR count). The van der Waals surface area contributed by atoms with Crippen LogP contribution in [0.25, 0.3) is 39.1 Å². The second-order valence-electron chi connectivity index (χ2n) is 10.7. The summed E-state index contributed by atoms with van der Waals surface area (Å²) in [5.41, 5.74) is 9.65. The molecule has 8 nitrogen and oxygen atoms in total. The highest BCUT2D eigenvalue weighted by Gasteiger charge is 2.28. The smallest absolute Gasteiger partial charge is 0.246 e. The number of nitrogens with two attached hydrogens (primary N) is 1. The average molecular weight is 567 g/mol. The maximum absolute atomic E-state index is 13.3. The van der Waals surface area contributed by atoms with E-state index in [1.807, 2.05) is 94.5 Å². The van der Waals surface area contributed by atoms with Crippen LogP contribution in [0.5, 0.6) is 11.5 Å². The molecule has 1 unspecified atom stereocenters. The molecule has 1 amide bonds. The first-order valence-corrected chi connectivity index (χ1v) is 14.4. The van der Waals surface area contributed by atoms with Gasteiger partial charge < -0.3 is 15.4 Å².